The smallest absolute Gasteiger partial charge is 0.232 e. The fourth-order valence-electron chi connectivity index (χ4n) is 2.23. The molecule has 0 bridgehead atoms. The SMILES string of the molecule is Cc1ccc(N(CCCC(=O)NC(C)(C)C)S(C)(=O)=O)cc1C. The summed E-state index contributed by atoms with van der Waals surface area (Å²) in [5, 5.41) is 2.88. The van der Waals surface area contributed by atoms with Gasteiger partial charge >= 0.3 is 0 Å². The third-order valence-corrected chi connectivity index (χ3v) is 4.65. The van der Waals surface area contributed by atoms with E-state index in [9.17, 15) is 13.2 Å². The Morgan fingerprint density at radius 3 is 2.26 bits per heavy atom. The highest BCUT2D eigenvalue weighted by Crippen LogP contribution is 2.21. The van der Waals surface area contributed by atoms with Gasteiger partial charge in [-0.2, -0.15) is 0 Å². The van der Waals surface area contributed by atoms with Crippen LogP contribution < -0.4 is 9.62 Å². The topological polar surface area (TPSA) is 66.5 Å². The predicted octanol–water partition coefficient (Wildman–Crippen LogP) is 2.76. The Balaban J connectivity index is 2.78. The highest BCUT2D eigenvalue weighted by atomic mass is 32.2. The maximum absolute atomic E-state index is 12.1. The zero-order valence-electron chi connectivity index (χ0n) is 14.9. The second kappa shape index (κ2) is 7.34. The number of sulfonamides is 1. The summed E-state index contributed by atoms with van der Waals surface area (Å²) in [5.41, 5.74) is 2.53. The van der Waals surface area contributed by atoms with Gasteiger partial charge in [0.15, 0.2) is 0 Å². The lowest BCUT2D eigenvalue weighted by molar-refractivity contribution is -0.122. The van der Waals surface area contributed by atoms with Gasteiger partial charge in [0, 0.05) is 18.5 Å². The molecule has 0 aliphatic carbocycles. The summed E-state index contributed by atoms with van der Waals surface area (Å²) < 4.78 is 25.5. The molecular formula is C17H28N2O3S. The van der Waals surface area contributed by atoms with Crippen molar-refractivity contribution in [1.82, 2.24) is 5.32 Å². The summed E-state index contributed by atoms with van der Waals surface area (Å²) in [7, 11) is -3.38. The van der Waals surface area contributed by atoms with E-state index in [-0.39, 0.29) is 11.4 Å². The molecule has 1 rings (SSSR count). The molecule has 5 nitrogen and oxygen atoms in total. The molecule has 1 aromatic rings. The summed E-state index contributed by atoms with van der Waals surface area (Å²) in [5.74, 6) is -0.0639. The quantitative estimate of drug-likeness (QED) is 0.866. The number of nitrogens with one attached hydrogen (secondary N) is 1. The van der Waals surface area contributed by atoms with Crippen LogP contribution in [0, 0.1) is 13.8 Å². The molecule has 0 aromatic heterocycles. The molecule has 0 aliphatic heterocycles. The average molecular weight is 340 g/mol. The van der Waals surface area contributed by atoms with Crippen LogP contribution in [0.25, 0.3) is 0 Å². The summed E-state index contributed by atoms with van der Waals surface area (Å²) in [6.07, 6.45) is 1.97. The second-order valence-electron chi connectivity index (χ2n) is 7.01. The van der Waals surface area contributed by atoms with Crippen LogP contribution in [0.1, 0.15) is 44.7 Å². The summed E-state index contributed by atoms with van der Waals surface area (Å²) in [6, 6.07) is 5.58. The van der Waals surface area contributed by atoms with Crippen molar-refractivity contribution in [2.75, 3.05) is 17.1 Å². The standard InChI is InChI=1S/C17H28N2O3S/c1-13-9-10-15(12-14(13)2)19(23(6,21)22)11-7-8-16(20)18-17(3,4)5/h9-10,12H,7-8,11H2,1-6H3,(H,18,20). The first-order valence-corrected chi connectivity index (χ1v) is 9.61. The minimum Gasteiger partial charge on any atom is -0.352 e. The zero-order valence-corrected chi connectivity index (χ0v) is 15.8. The molecule has 1 N–H and O–H groups in total. The summed E-state index contributed by atoms with van der Waals surface area (Å²) >= 11 is 0. The van der Waals surface area contributed by atoms with E-state index in [4.69, 9.17) is 0 Å². The minimum absolute atomic E-state index is 0.0639. The van der Waals surface area contributed by atoms with Gasteiger partial charge < -0.3 is 5.32 Å². The van der Waals surface area contributed by atoms with E-state index >= 15 is 0 Å². The number of nitrogens with zero attached hydrogens (tertiary/aromatic N) is 1. The Kier molecular flexibility index (Phi) is 6.22. The molecule has 0 heterocycles. The van der Waals surface area contributed by atoms with Gasteiger partial charge in [0.05, 0.1) is 11.9 Å². The monoisotopic (exact) mass is 340 g/mol. The van der Waals surface area contributed by atoms with Crippen LogP contribution in [-0.2, 0) is 14.8 Å². The van der Waals surface area contributed by atoms with E-state index < -0.39 is 10.0 Å². The lowest BCUT2D eigenvalue weighted by Gasteiger charge is -2.24. The van der Waals surface area contributed by atoms with E-state index in [1.807, 2.05) is 46.8 Å². The van der Waals surface area contributed by atoms with Gasteiger partial charge in [0.2, 0.25) is 15.9 Å². The molecule has 0 saturated carbocycles. The van der Waals surface area contributed by atoms with Crippen molar-refractivity contribution in [2.24, 2.45) is 0 Å². The largest absolute Gasteiger partial charge is 0.352 e. The van der Waals surface area contributed by atoms with Crippen molar-refractivity contribution in [1.29, 1.82) is 0 Å². The number of aryl methyl sites for hydroxylation is 2. The van der Waals surface area contributed by atoms with E-state index in [1.165, 1.54) is 10.6 Å². The van der Waals surface area contributed by atoms with Gasteiger partial charge in [-0.25, -0.2) is 8.42 Å². The van der Waals surface area contributed by atoms with Crippen molar-refractivity contribution < 1.29 is 13.2 Å². The first-order chi connectivity index (χ1) is 10.4. The highest BCUT2D eigenvalue weighted by molar-refractivity contribution is 7.92. The average Bonchev–Trinajstić information content (AvgIpc) is 2.34. The molecule has 23 heavy (non-hydrogen) atoms. The van der Waals surface area contributed by atoms with Gasteiger partial charge in [-0.15, -0.1) is 0 Å². The molecule has 0 fully saturated rings. The van der Waals surface area contributed by atoms with E-state index in [0.29, 0.717) is 25.1 Å². The van der Waals surface area contributed by atoms with E-state index in [2.05, 4.69) is 5.32 Å². The maximum Gasteiger partial charge on any atom is 0.232 e. The number of benzene rings is 1. The van der Waals surface area contributed by atoms with Crippen molar-refractivity contribution in [3.05, 3.63) is 29.3 Å². The third-order valence-electron chi connectivity index (χ3n) is 3.46. The number of amides is 1. The Hall–Kier alpha value is -1.56. The molecule has 0 saturated heterocycles. The summed E-state index contributed by atoms with van der Waals surface area (Å²) in [4.78, 5) is 11.8. The highest BCUT2D eigenvalue weighted by Gasteiger charge is 2.19. The molecule has 1 amide bonds. The van der Waals surface area contributed by atoms with Gasteiger partial charge in [0.25, 0.3) is 0 Å². The molecule has 6 heteroatoms. The van der Waals surface area contributed by atoms with Crippen LogP contribution >= 0.6 is 0 Å². The number of hydrogen-bond acceptors (Lipinski definition) is 3. The molecular weight excluding hydrogens is 312 g/mol. The Bertz CT molecular complexity index is 661. The Morgan fingerprint density at radius 1 is 1.17 bits per heavy atom. The first kappa shape index (κ1) is 19.5. The fraction of sp³-hybridized carbons (Fsp3) is 0.588. The van der Waals surface area contributed by atoms with E-state index in [1.54, 1.807) is 6.07 Å². The second-order valence-corrected chi connectivity index (χ2v) is 8.91. The van der Waals surface area contributed by atoms with Crippen LogP contribution in [0.4, 0.5) is 5.69 Å². The number of carbonyl (C=O) groups excluding carboxylic acids is 1. The van der Waals surface area contributed by atoms with E-state index in [0.717, 1.165) is 11.1 Å². The summed E-state index contributed by atoms with van der Waals surface area (Å²) in [6.45, 7) is 9.99. The Labute approximate surface area is 140 Å². The number of hydrogen-bond donors (Lipinski definition) is 1. The zero-order chi connectivity index (χ0) is 17.8. The number of rotatable bonds is 6. The lowest BCUT2D eigenvalue weighted by Crippen LogP contribution is -2.41. The van der Waals surface area contributed by atoms with Crippen LogP contribution in [0.5, 0.6) is 0 Å². The van der Waals surface area contributed by atoms with Gasteiger partial charge in [-0.05, 0) is 64.3 Å². The number of carbonyl (C=O) groups is 1. The van der Waals surface area contributed by atoms with Crippen molar-refractivity contribution in [3.63, 3.8) is 0 Å². The van der Waals surface area contributed by atoms with Crippen LogP contribution in [0.2, 0.25) is 0 Å². The van der Waals surface area contributed by atoms with Crippen molar-refractivity contribution >= 4 is 21.6 Å². The third kappa shape index (κ3) is 6.60. The first-order valence-electron chi connectivity index (χ1n) is 7.76. The molecule has 1 aromatic carbocycles. The minimum atomic E-state index is -3.38. The lowest BCUT2D eigenvalue weighted by atomic mass is 10.1. The van der Waals surface area contributed by atoms with Crippen molar-refractivity contribution in [3.8, 4) is 0 Å². The molecule has 130 valence electrons. The normalized spacial score (nSPS) is 12.1. The molecule has 0 atom stereocenters. The molecule has 0 radical (unpaired) electrons. The van der Waals surface area contributed by atoms with Crippen LogP contribution in [0.3, 0.4) is 0 Å². The molecule has 0 spiro atoms. The Morgan fingerprint density at radius 2 is 1.78 bits per heavy atom. The molecule has 0 unspecified atom stereocenters. The van der Waals surface area contributed by atoms with Gasteiger partial charge in [-0.3, -0.25) is 9.10 Å². The molecule has 0 aliphatic rings. The van der Waals surface area contributed by atoms with Crippen molar-refractivity contribution in [2.45, 2.75) is 53.0 Å². The van der Waals surface area contributed by atoms with Crippen LogP contribution in [-0.4, -0.2) is 32.7 Å². The number of anilines is 1. The predicted molar refractivity (Wildman–Crippen MR) is 95.2 cm³/mol. The van der Waals surface area contributed by atoms with Gasteiger partial charge in [-0.1, -0.05) is 6.07 Å². The fourth-order valence-corrected chi connectivity index (χ4v) is 3.19. The van der Waals surface area contributed by atoms with Gasteiger partial charge in [0.1, 0.15) is 0 Å². The van der Waals surface area contributed by atoms with Crippen LogP contribution in [0.15, 0.2) is 18.2 Å². The maximum atomic E-state index is 12.1.